The van der Waals surface area contributed by atoms with Crippen LogP contribution in [0.3, 0.4) is 0 Å². The Balaban J connectivity index is 0.00000128. The van der Waals surface area contributed by atoms with Gasteiger partial charge in [0.05, 0.1) is 0 Å². The molecule has 16 heavy (non-hydrogen) atoms. The second-order valence-corrected chi connectivity index (χ2v) is 2.77. The molecular weight excluding hydrogens is 231 g/mol. The molecule has 2 aromatic rings. The van der Waals surface area contributed by atoms with Gasteiger partial charge in [0.25, 0.3) is 0 Å². The zero-order valence-corrected chi connectivity index (χ0v) is 12.0. The molecule has 0 unspecified atom stereocenters. The van der Waals surface area contributed by atoms with E-state index in [4.69, 9.17) is 4.74 Å². The number of esters is 1. The predicted molar refractivity (Wildman–Crippen MR) is 54.5 cm³/mol. The van der Waals surface area contributed by atoms with E-state index in [1.54, 1.807) is 42.6 Å². The topological polar surface area (TPSA) is 52.1 Å². The molecule has 2 aromatic heterocycles. The summed E-state index contributed by atoms with van der Waals surface area (Å²) in [5, 5.41) is 0. The summed E-state index contributed by atoms with van der Waals surface area (Å²) >= 11 is 0. The number of nitrogens with zero attached hydrogens (tertiary/aromatic N) is 2. The van der Waals surface area contributed by atoms with E-state index < -0.39 is 5.97 Å². The van der Waals surface area contributed by atoms with Gasteiger partial charge in [-0.3, -0.25) is 0 Å². The molecule has 0 atom stereocenters. The standard InChI is InChI=1S/C11H8N2O2.K.H/c14-11(9-5-1-3-7-12-9)15-10-6-2-4-8-13-10;;/h1-8H;;/q;+1;-1. The molecule has 0 aliphatic heterocycles. The summed E-state index contributed by atoms with van der Waals surface area (Å²) in [6, 6.07) is 10.2. The van der Waals surface area contributed by atoms with Gasteiger partial charge in [0.15, 0.2) is 0 Å². The molecule has 0 saturated carbocycles. The third kappa shape index (κ3) is 3.77. The van der Waals surface area contributed by atoms with Crippen LogP contribution in [0.5, 0.6) is 5.88 Å². The number of rotatable bonds is 2. The van der Waals surface area contributed by atoms with E-state index in [1.807, 2.05) is 0 Å². The third-order valence-corrected chi connectivity index (χ3v) is 1.71. The van der Waals surface area contributed by atoms with Crippen molar-refractivity contribution in [3.8, 4) is 5.88 Å². The van der Waals surface area contributed by atoms with Crippen LogP contribution < -0.4 is 56.1 Å². The Hall–Kier alpha value is -0.594. The molecule has 0 aliphatic rings. The Labute approximate surface area is 137 Å². The molecule has 0 N–H and O–H groups in total. The molecular formula is C11H9KN2O2. The zero-order chi connectivity index (χ0) is 10.5. The SMILES string of the molecule is O=C(Oc1ccccn1)c1ccccn1.[H-].[K+]. The number of carbonyl (C=O) groups excluding carboxylic acids is 1. The first kappa shape index (κ1) is 13.5. The molecule has 4 nitrogen and oxygen atoms in total. The maximum absolute atomic E-state index is 11.5. The molecule has 0 saturated heterocycles. The van der Waals surface area contributed by atoms with E-state index in [1.165, 1.54) is 6.20 Å². The minimum Gasteiger partial charge on any atom is -1.00 e. The smallest absolute Gasteiger partial charge is 1.00 e. The van der Waals surface area contributed by atoms with Crippen LogP contribution in [0.15, 0.2) is 48.8 Å². The van der Waals surface area contributed by atoms with Gasteiger partial charge in [0, 0.05) is 18.5 Å². The number of hydrogen-bond acceptors (Lipinski definition) is 4. The fourth-order valence-corrected chi connectivity index (χ4v) is 1.04. The maximum Gasteiger partial charge on any atom is 1.00 e. The third-order valence-electron chi connectivity index (χ3n) is 1.71. The van der Waals surface area contributed by atoms with Crippen LogP contribution in [0.4, 0.5) is 0 Å². The predicted octanol–water partition coefficient (Wildman–Crippen LogP) is -1.19. The monoisotopic (exact) mass is 240 g/mol. The van der Waals surface area contributed by atoms with Crippen LogP contribution >= 0.6 is 0 Å². The Morgan fingerprint density at radius 2 is 1.75 bits per heavy atom. The molecule has 0 spiro atoms. The molecule has 0 aliphatic carbocycles. The summed E-state index contributed by atoms with van der Waals surface area (Å²) in [6.45, 7) is 0. The molecule has 2 heterocycles. The summed E-state index contributed by atoms with van der Waals surface area (Å²) in [5.74, 6) is -0.234. The van der Waals surface area contributed by atoms with Gasteiger partial charge in [0.1, 0.15) is 5.69 Å². The summed E-state index contributed by atoms with van der Waals surface area (Å²) < 4.78 is 4.99. The second kappa shape index (κ2) is 6.88. The number of pyridine rings is 2. The van der Waals surface area contributed by atoms with Crippen LogP contribution in [-0.4, -0.2) is 15.9 Å². The largest absolute Gasteiger partial charge is 1.00 e. The van der Waals surface area contributed by atoms with E-state index in [9.17, 15) is 4.79 Å². The van der Waals surface area contributed by atoms with Crippen LogP contribution in [0, 0.1) is 0 Å². The zero-order valence-electron chi connectivity index (χ0n) is 9.83. The van der Waals surface area contributed by atoms with Crippen LogP contribution in [0.25, 0.3) is 0 Å². The van der Waals surface area contributed by atoms with E-state index in [0.29, 0.717) is 0 Å². The Kier molecular flexibility index (Phi) is 5.79. The average Bonchev–Trinajstić information content (AvgIpc) is 2.31. The van der Waals surface area contributed by atoms with Crippen molar-refractivity contribution in [2.24, 2.45) is 0 Å². The van der Waals surface area contributed by atoms with E-state index in [0.717, 1.165) is 0 Å². The normalized spacial score (nSPS) is 9.00. The van der Waals surface area contributed by atoms with Gasteiger partial charge in [-0.1, -0.05) is 12.1 Å². The van der Waals surface area contributed by atoms with Gasteiger partial charge >= 0.3 is 57.4 Å². The average molecular weight is 240 g/mol. The van der Waals surface area contributed by atoms with Gasteiger partial charge in [0.2, 0.25) is 5.88 Å². The summed E-state index contributed by atoms with van der Waals surface area (Å²) in [4.78, 5) is 19.2. The van der Waals surface area contributed by atoms with Crippen molar-refractivity contribution in [2.45, 2.75) is 0 Å². The molecule has 0 amide bonds. The minimum atomic E-state index is -0.505. The quantitative estimate of drug-likeness (QED) is 0.489. The Morgan fingerprint density at radius 1 is 1.06 bits per heavy atom. The van der Waals surface area contributed by atoms with Crippen LogP contribution in [-0.2, 0) is 0 Å². The van der Waals surface area contributed by atoms with Crippen molar-refractivity contribution >= 4 is 5.97 Å². The van der Waals surface area contributed by atoms with Crippen molar-refractivity contribution in [2.75, 3.05) is 0 Å². The molecule has 5 heteroatoms. The molecule has 0 aromatic carbocycles. The van der Waals surface area contributed by atoms with Crippen molar-refractivity contribution in [1.82, 2.24) is 9.97 Å². The van der Waals surface area contributed by atoms with Gasteiger partial charge < -0.3 is 6.16 Å². The molecule has 0 fully saturated rings. The van der Waals surface area contributed by atoms with Crippen molar-refractivity contribution < 1.29 is 62.3 Å². The van der Waals surface area contributed by atoms with E-state index in [-0.39, 0.29) is 64.4 Å². The summed E-state index contributed by atoms with van der Waals surface area (Å²) in [6.07, 6.45) is 3.09. The van der Waals surface area contributed by atoms with Crippen molar-refractivity contribution in [1.29, 1.82) is 0 Å². The number of hydrogen-bond donors (Lipinski definition) is 0. The molecule has 76 valence electrons. The van der Waals surface area contributed by atoms with Gasteiger partial charge in [-0.25, -0.2) is 14.8 Å². The number of ether oxygens (including phenoxy) is 1. The molecule has 0 radical (unpaired) electrons. The molecule has 0 bridgehead atoms. The van der Waals surface area contributed by atoms with E-state index >= 15 is 0 Å². The van der Waals surface area contributed by atoms with Crippen molar-refractivity contribution in [3.05, 3.63) is 54.5 Å². The van der Waals surface area contributed by atoms with Gasteiger partial charge in [-0.05, 0) is 18.2 Å². The Morgan fingerprint density at radius 3 is 2.31 bits per heavy atom. The number of aromatic nitrogens is 2. The maximum atomic E-state index is 11.5. The fourth-order valence-electron chi connectivity index (χ4n) is 1.04. The van der Waals surface area contributed by atoms with E-state index in [2.05, 4.69) is 9.97 Å². The van der Waals surface area contributed by atoms with Crippen LogP contribution in [0.2, 0.25) is 0 Å². The fraction of sp³-hybridized carbons (Fsp3) is 0. The molecule has 2 rings (SSSR count). The first-order chi connectivity index (χ1) is 7.36. The number of carbonyl (C=O) groups is 1. The van der Waals surface area contributed by atoms with Crippen LogP contribution in [0.1, 0.15) is 11.9 Å². The van der Waals surface area contributed by atoms with Gasteiger partial charge in [-0.2, -0.15) is 0 Å². The minimum absolute atomic E-state index is 0. The first-order valence-corrected chi connectivity index (χ1v) is 4.40. The van der Waals surface area contributed by atoms with Gasteiger partial charge in [-0.15, -0.1) is 0 Å². The summed E-state index contributed by atoms with van der Waals surface area (Å²) in [5.41, 5.74) is 0.267. The first-order valence-electron chi connectivity index (χ1n) is 4.40. The second-order valence-electron chi connectivity index (χ2n) is 2.77. The summed E-state index contributed by atoms with van der Waals surface area (Å²) in [7, 11) is 0. The Bertz CT molecular complexity index is 454. The van der Waals surface area contributed by atoms with Crippen molar-refractivity contribution in [3.63, 3.8) is 0 Å².